The number of aromatic nitrogens is 3. The minimum absolute atomic E-state index is 0.0104. The summed E-state index contributed by atoms with van der Waals surface area (Å²) < 4.78 is 69.5. The van der Waals surface area contributed by atoms with Crippen LogP contribution in [0.15, 0.2) is 35.8 Å². The number of carbonyl (C=O) groups is 3. The molecule has 6 bridgehead atoms. The van der Waals surface area contributed by atoms with Crippen LogP contribution in [0.4, 0.5) is 23.7 Å². The zero-order chi connectivity index (χ0) is 46.4. The van der Waals surface area contributed by atoms with E-state index in [9.17, 15) is 27.6 Å². The van der Waals surface area contributed by atoms with Gasteiger partial charge in [-0.15, -0.1) is 11.3 Å². The zero-order valence-electron chi connectivity index (χ0n) is 38.0. The Morgan fingerprint density at radius 1 is 1.12 bits per heavy atom. The van der Waals surface area contributed by atoms with Crippen LogP contribution < -0.4 is 15.6 Å². The summed E-state index contributed by atoms with van der Waals surface area (Å²) in [6.45, 7) is 14.1. The maximum atomic E-state index is 15.0. The van der Waals surface area contributed by atoms with E-state index in [1.165, 1.54) is 20.9 Å². The molecule has 3 fully saturated rings. The summed E-state index contributed by atoms with van der Waals surface area (Å²) in [5.74, 6) is -1.04. The number of morpholine rings is 1. The topological polar surface area (TPSA) is 153 Å². The molecule has 3 saturated heterocycles. The van der Waals surface area contributed by atoms with Gasteiger partial charge in [-0.25, -0.2) is 15.2 Å². The Labute approximate surface area is 380 Å². The first-order chi connectivity index (χ1) is 30.8. The number of piperazine rings is 1. The number of ether oxygens (including phenoxy) is 4. The van der Waals surface area contributed by atoms with Gasteiger partial charge in [0.25, 0.3) is 5.91 Å². The van der Waals surface area contributed by atoms with Crippen molar-refractivity contribution in [2.24, 2.45) is 5.41 Å². The fraction of sp³-hybridized carbons (Fsp3) is 0.587. The van der Waals surface area contributed by atoms with Gasteiger partial charge in [0.15, 0.2) is 0 Å². The summed E-state index contributed by atoms with van der Waals surface area (Å²) in [7, 11) is 1.55. The number of carbonyl (C=O) groups excluding carboxylic acids is 3. The molecule has 4 aliphatic rings. The Balaban J connectivity index is 1.29. The molecule has 65 heavy (non-hydrogen) atoms. The van der Waals surface area contributed by atoms with Crippen molar-refractivity contribution in [3.8, 4) is 22.5 Å². The van der Waals surface area contributed by atoms with Crippen molar-refractivity contribution in [2.45, 2.75) is 110 Å². The first kappa shape index (κ1) is 46.7. The van der Waals surface area contributed by atoms with Crippen LogP contribution in [0.5, 0.6) is 0 Å². The van der Waals surface area contributed by atoms with Gasteiger partial charge in [0.05, 0.1) is 65.9 Å². The number of hydrogen-bond acceptors (Lipinski definition) is 13. The Hall–Kier alpha value is -4.82. The van der Waals surface area contributed by atoms with E-state index < -0.39 is 59.9 Å². The number of amides is 2. The van der Waals surface area contributed by atoms with Crippen LogP contribution in [0.25, 0.3) is 33.4 Å². The van der Waals surface area contributed by atoms with E-state index >= 15 is 0 Å². The van der Waals surface area contributed by atoms with E-state index in [1.807, 2.05) is 38.3 Å². The number of esters is 1. The number of hydrogen-bond donors (Lipinski definition) is 2. The normalized spacial score (nSPS) is 22.8. The molecule has 15 nitrogen and oxygen atoms in total. The van der Waals surface area contributed by atoms with Gasteiger partial charge in [0.2, 0.25) is 0 Å². The zero-order valence-corrected chi connectivity index (χ0v) is 38.9. The van der Waals surface area contributed by atoms with Gasteiger partial charge < -0.3 is 33.7 Å². The third kappa shape index (κ3) is 10.6. The van der Waals surface area contributed by atoms with Crippen LogP contribution in [0.3, 0.4) is 0 Å². The second kappa shape index (κ2) is 18.5. The predicted molar refractivity (Wildman–Crippen MR) is 239 cm³/mol. The van der Waals surface area contributed by atoms with Crippen molar-refractivity contribution in [1.82, 2.24) is 35.2 Å². The maximum absolute atomic E-state index is 15.0. The maximum Gasteiger partial charge on any atom is 0.408 e. The van der Waals surface area contributed by atoms with E-state index in [0.717, 1.165) is 18.8 Å². The lowest BCUT2D eigenvalue weighted by atomic mass is 9.84. The lowest BCUT2D eigenvalue weighted by Crippen LogP contribution is -2.60. The first-order valence-electron chi connectivity index (χ1n) is 22.3. The Bertz CT molecular complexity index is 2410. The van der Waals surface area contributed by atoms with E-state index in [-0.39, 0.29) is 32.0 Å². The largest absolute Gasteiger partial charge is 0.464 e. The van der Waals surface area contributed by atoms with Crippen molar-refractivity contribution in [3.63, 3.8) is 0 Å². The number of pyridine rings is 1. The number of rotatable bonds is 6. The molecule has 4 aromatic rings. The monoisotopic (exact) mass is 924 g/mol. The average Bonchev–Trinajstić information content (AvgIpc) is 3.84. The summed E-state index contributed by atoms with van der Waals surface area (Å²) in [6, 6.07) is 5.47. The molecule has 2 N–H and O–H groups in total. The summed E-state index contributed by atoms with van der Waals surface area (Å²) in [5, 5.41) is 7.01. The van der Waals surface area contributed by atoms with Gasteiger partial charge in [-0.1, -0.05) is 19.9 Å². The third-order valence-corrected chi connectivity index (χ3v) is 13.3. The number of fused-ring (bicyclic) bond motifs is 7. The summed E-state index contributed by atoms with van der Waals surface area (Å²) in [4.78, 5) is 55.6. The number of halogens is 3. The highest BCUT2D eigenvalue weighted by Crippen LogP contribution is 2.44. The number of methoxy groups -OCH3 is 1. The molecular formula is C46H59F3N8O7S. The molecule has 4 aliphatic heterocycles. The van der Waals surface area contributed by atoms with Crippen LogP contribution in [-0.4, -0.2) is 132 Å². The number of thiazole rings is 1. The molecule has 0 unspecified atom stereocenters. The van der Waals surface area contributed by atoms with Crippen molar-refractivity contribution in [3.05, 3.63) is 52.1 Å². The van der Waals surface area contributed by atoms with Crippen LogP contribution in [0.1, 0.15) is 76.8 Å². The molecular weight excluding hydrogens is 866 g/mol. The van der Waals surface area contributed by atoms with Crippen LogP contribution in [0.2, 0.25) is 0 Å². The second-order valence-electron chi connectivity index (χ2n) is 19.3. The van der Waals surface area contributed by atoms with Gasteiger partial charge in [-0.2, -0.15) is 13.2 Å². The summed E-state index contributed by atoms with van der Waals surface area (Å²) in [6.07, 6.45) is -3.07. The molecule has 0 saturated carbocycles. The Morgan fingerprint density at radius 3 is 2.68 bits per heavy atom. The smallest absolute Gasteiger partial charge is 0.408 e. The lowest BCUT2D eigenvalue weighted by Gasteiger charge is -2.44. The number of nitrogens with zero attached hydrogens (tertiary/aromatic N) is 6. The molecule has 3 aromatic heterocycles. The van der Waals surface area contributed by atoms with Gasteiger partial charge in [-0.05, 0) is 70.7 Å². The molecule has 1 aromatic carbocycles. The minimum atomic E-state index is -4.60. The minimum Gasteiger partial charge on any atom is -0.464 e. The molecule has 19 heteroatoms. The first-order valence-corrected chi connectivity index (χ1v) is 23.1. The average molecular weight is 925 g/mol. The van der Waals surface area contributed by atoms with Gasteiger partial charge in [0, 0.05) is 79.1 Å². The number of nitrogens with one attached hydrogen (secondary N) is 2. The van der Waals surface area contributed by atoms with E-state index in [4.69, 9.17) is 28.9 Å². The highest BCUT2D eigenvalue weighted by molar-refractivity contribution is 7.10. The quantitative estimate of drug-likeness (QED) is 0.199. The number of hydrazine groups is 1. The molecule has 0 radical (unpaired) electrons. The highest BCUT2D eigenvalue weighted by atomic mass is 32.1. The van der Waals surface area contributed by atoms with Gasteiger partial charge in [0.1, 0.15) is 24.2 Å². The standard InChI is InChI=1S/C46H59F3N8O7S/c1-27(61-7)39-32(18-29(21-50-39)55-14-13-54-15-16-62-23-30(54)22-55)40-33-20-45(5,6)26-63-42(59)34-9-8-12-57(53-34)41(58)35(52-43(60)64-44(2,3)4)19-38-51-36(24-65-38)28-10-11-37(31(33)17-28)56(40)25-46(47,48)49/h10-11,17-18,21,24,27,30,34-35,53H,8-9,12-16,19-20,22-23,25-26H2,1-7H3,(H,52,60)/t27-,30-,34-,35-/m0/s1. The highest BCUT2D eigenvalue weighted by Gasteiger charge is 2.38. The van der Waals surface area contributed by atoms with Crippen LogP contribution >= 0.6 is 11.3 Å². The molecule has 8 rings (SSSR count). The van der Waals surface area contributed by atoms with Crippen molar-refractivity contribution in [2.75, 3.05) is 64.6 Å². The van der Waals surface area contributed by atoms with Gasteiger partial charge in [-0.3, -0.25) is 24.5 Å². The number of alkyl carbamates (subject to hydrolysis) is 1. The molecule has 4 atom stereocenters. The lowest BCUT2D eigenvalue weighted by molar-refractivity contribution is -0.155. The number of benzene rings is 1. The molecule has 352 valence electrons. The Morgan fingerprint density at radius 2 is 1.92 bits per heavy atom. The van der Waals surface area contributed by atoms with Crippen molar-refractivity contribution in [1.29, 1.82) is 0 Å². The molecule has 7 heterocycles. The predicted octanol–water partition coefficient (Wildman–Crippen LogP) is 6.67. The van der Waals surface area contributed by atoms with Crippen LogP contribution in [0, 0.1) is 5.41 Å². The summed E-state index contributed by atoms with van der Waals surface area (Å²) >= 11 is 1.29. The number of anilines is 1. The number of cyclic esters (lactones) is 1. The van der Waals surface area contributed by atoms with Crippen molar-refractivity contribution >= 4 is 45.9 Å². The molecule has 0 aliphatic carbocycles. The van der Waals surface area contributed by atoms with E-state index in [2.05, 4.69) is 20.5 Å². The second-order valence-corrected chi connectivity index (χ2v) is 20.2. The SMILES string of the molecule is CO[C@@H](C)c1ncc(N2CCN3CCOC[C@@H]3C2)cc1-c1c2c3cc(ccc3n1CC(F)(F)F)-c1csc(n1)C[C@H](NC(=O)OC(C)(C)C)C(=O)N1CCC[C@H](N1)C(=O)OCC(C)(C)C2. The van der Waals surface area contributed by atoms with E-state index in [1.54, 1.807) is 46.2 Å². The molecule has 0 spiro atoms. The fourth-order valence-electron chi connectivity index (χ4n) is 9.22. The number of alkyl halides is 3. The van der Waals surface area contributed by atoms with Crippen molar-refractivity contribution < 1.29 is 46.5 Å². The molecule has 2 amide bonds. The van der Waals surface area contributed by atoms with E-state index in [0.29, 0.717) is 88.8 Å². The Kier molecular flexibility index (Phi) is 13.3. The van der Waals surface area contributed by atoms with Gasteiger partial charge >= 0.3 is 18.2 Å². The van der Waals surface area contributed by atoms with Crippen LogP contribution in [-0.2, 0) is 47.9 Å². The summed E-state index contributed by atoms with van der Waals surface area (Å²) in [5.41, 5.74) is 5.74. The third-order valence-electron chi connectivity index (χ3n) is 12.4. The fourth-order valence-corrected chi connectivity index (χ4v) is 10.1.